The van der Waals surface area contributed by atoms with E-state index in [2.05, 4.69) is 20.9 Å². The van der Waals surface area contributed by atoms with Crippen LogP contribution in [0.2, 0.25) is 0 Å². The molecule has 0 aliphatic carbocycles. The van der Waals surface area contributed by atoms with E-state index in [1.54, 1.807) is 17.5 Å². The maximum Gasteiger partial charge on any atom is 0.173 e. The number of hydrogen-bond acceptors (Lipinski definition) is 4. The zero-order valence-electron chi connectivity index (χ0n) is 7.77. The number of halogens is 1. The molecule has 15 heavy (non-hydrogen) atoms. The SMILES string of the molecule is O=C(CCc1nccs1)c1ccc(Br)s1. The Balaban J connectivity index is 1.93. The number of aromatic nitrogens is 1. The minimum absolute atomic E-state index is 0.195. The summed E-state index contributed by atoms with van der Waals surface area (Å²) in [6.07, 6.45) is 3.05. The molecule has 0 fully saturated rings. The number of thiophene rings is 1. The molecule has 2 nitrogen and oxygen atoms in total. The predicted octanol–water partition coefficient (Wildman–Crippen LogP) is 3.78. The van der Waals surface area contributed by atoms with Crippen molar-refractivity contribution in [2.75, 3.05) is 0 Å². The first-order valence-corrected chi connectivity index (χ1v) is 6.91. The molecule has 0 aromatic carbocycles. The number of nitrogens with zero attached hydrogens (tertiary/aromatic N) is 1. The zero-order valence-corrected chi connectivity index (χ0v) is 11.0. The van der Waals surface area contributed by atoms with Crippen LogP contribution in [0.5, 0.6) is 0 Å². The average Bonchev–Trinajstić information content (AvgIpc) is 2.84. The maximum absolute atomic E-state index is 11.7. The number of Topliss-reactive ketones (excluding diaryl/α,β-unsaturated/α-hetero) is 1. The highest BCUT2D eigenvalue weighted by Gasteiger charge is 2.09. The van der Waals surface area contributed by atoms with Crippen LogP contribution in [0.15, 0.2) is 27.5 Å². The van der Waals surface area contributed by atoms with E-state index in [0.717, 1.165) is 20.1 Å². The van der Waals surface area contributed by atoms with Crippen LogP contribution in [0, 0.1) is 0 Å². The second-order valence-electron chi connectivity index (χ2n) is 2.95. The van der Waals surface area contributed by atoms with Gasteiger partial charge in [-0.25, -0.2) is 4.98 Å². The average molecular weight is 302 g/mol. The van der Waals surface area contributed by atoms with Crippen LogP contribution < -0.4 is 0 Å². The van der Waals surface area contributed by atoms with Crippen LogP contribution in [0.1, 0.15) is 21.1 Å². The second-order valence-corrected chi connectivity index (χ2v) is 6.39. The molecule has 0 saturated carbocycles. The summed E-state index contributed by atoms with van der Waals surface area (Å²) < 4.78 is 1.00. The monoisotopic (exact) mass is 301 g/mol. The van der Waals surface area contributed by atoms with E-state index < -0.39 is 0 Å². The van der Waals surface area contributed by atoms with E-state index in [4.69, 9.17) is 0 Å². The molecule has 0 unspecified atom stereocenters. The lowest BCUT2D eigenvalue weighted by molar-refractivity contribution is 0.0986. The van der Waals surface area contributed by atoms with Gasteiger partial charge in [-0.15, -0.1) is 22.7 Å². The highest BCUT2D eigenvalue weighted by molar-refractivity contribution is 9.11. The van der Waals surface area contributed by atoms with Crippen molar-refractivity contribution in [3.8, 4) is 0 Å². The Bertz CT molecular complexity index is 450. The summed E-state index contributed by atoms with van der Waals surface area (Å²) in [5.41, 5.74) is 0. The minimum atomic E-state index is 0.195. The Morgan fingerprint density at radius 2 is 2.33 bits per heavy atom. The van der Waals surface area contributed by atoms with Crippen molar-refractivity contribution in [1.82, 2.24) is 4.98 Å². The molecular weight excluding hydrogens is 294 g/mol. The molecule has 2 heterocycles. The van der Waals surface area contributed by atoms with Gasteiger partial charge < -0.3 is 0 Å². The van der Waals surface area contributed by atoms with Gasteiger partial charge in [0.2, 0.25) is 0 Å². The van der Waals surface area contributed by atoms with Crippen LogP contribution in [-0.2, 0) is 6.42 Å². The van der Waals surface area contributed by atoms with E-state index in [1.807, 2.05) is 17.5 Å². The first-order valence-electron chi connectivity index (χ1n) is 4.42. The molecule has 78 valence electrons. The van der Waals surface area contributed by atoms with Crippen molar-refractivity contribution in [1.29, 1.82) is 0 Å². The van der Waals surface area contributed by atoms with Gasteiger partial charge in [0.1, 0.15) is 0 Å². The largest absolute Gasteiger partial charge is 0.293 e. The molecular formula is C10H8BrNOS2. The van der Waals surface area contributed by atoms with Crippen molar-refractivity contribution >= 4 is 44.4 Å². The summed E-state index contributed by atoms with van der Waals surface area (Å²) >= 11 is 6.43. The number of aryl methyl sites for hydroxylation is 1. The standard InChI is InChI=1S/C10H8BrNOS2/c11-9-3-2-8(15-9)7(13)1-4-10-12-5-6-14-10/h2-3,5-6H,1,4H2. The van der Waals surface area contributed by atoms with Gasteiger partial charge in [-0.1, -0.05) is 0 Å². The van der Waals surface area contributed by atoms with Gasteiger partial charge in [0.15, 0.2) is 5.78 Å². The fourth-order valence-electron chi connectivity index (χ4n) is 1.18. The Labute approximate surface area is 104 Å². The molecule has 0 spiro atoms. The quantitative estimate of drug-likeness (QED) is 0.804. The third kappa shape index (κ3) is 2.96. The number of carbonyl (C=O) groups is 1. The summed E-state index contributed by atoms with van der Waals surface area (Å²) in [5, 5.41) is 2.96. The van der Waals surface area contributed by atoms with E-state index in [-0.39, 0.29) is 5.78 Å². The first-order chi connectivity index (χ1) is 7.25. The Kier molecular flexibility index (Phi) is 3.66. The number of carbonyl (C=O) groups excluding carboxylic acids is 1. The molecule has 0 aliphatic heterocycles. The summed E-state index contributed by atoms with van der Waals surface area (Å²) in [5.74, 6) is 0.195. The molecule has 2 aromatic heterocycles. The van der Waals surface area contributed by atoms with E-state index >= 15 is 0 Å². The maximum atomic E-state index is 11.7. The highest BCUT2D eigenvalue weighted by atomic mass is 79.9. The molecule has 0 radical (unpaired) electrons. The number of rotatable bonds is 4. The van der Waals surface area contributed by atoms with Gasteiger partial charge >= 0.3 is 0 Å². The van der Waals surface area contributed by atoms with Gasteiger partial charge in [-0.05, 0) is 28.1 Å². The third-order valence-electron chi connectivity index (χ3n) is 1.90. The molecule has 5 heteroatoms. The second kappa shape index (κ2) is 5.01. The van der Waals surface area contributed by atoms with Crippen molar-refractivity contribution in [3.05, 3.63) is 37.4 Å². The van der Waals surface area contributed by atoms with Crippen molar-refractivity contribution in [3.63, 3.8) is 0 Å². The lowest BCUT2D eigenvalue weighted by Crippen LogP contribution is -1.98. The fraction of sp³-hybridized carbons (Fsp3) is 0.200. The van der Waals surface area contributed by atoms with E-state index in [9.17, 15) is 4.79 Å². The molecule has 0 N–H and O–H groups in total. The van der Waals surface area contributed by atoms with Gasteiger partial charge in [-0.3, -0.25) is 4.79 Å². The topological polar surface area (TPSA) is 30.0 Å². The van der Waals surface area contributed by atoms with Crippen LogP contribution in [0.3, 0.4) is 0 Å². The molecule has 0 aliphatic rings. The summed E-state index contributed by atoms with van der Waals surface area (Å²) in [6.45, 7) is 0. The number of ketones is 1. The van der Waals surface area contributed by atoms with E-state index in [1.165, 1.54) is 11.3 Å². The Morgan fingerprint density at radius 3 is 2.93 bits per heavy atom. The summed E-state index contributed by atoms with van der Waals surface area (Å²) in [6, 6.07) is 3.76. The third-order valence-corrected chi connectivity index (χ3v) is 4.40. The van der Waals surface area contributed by atoms with Gasteiger partial charge in [0, 0.05) is 24.4 Å². The molecule has 0 atom stereocenters. The lowest BCUT2D eigenvalue weighted by Gasteiger charge is -1.94. The Hall–Kier alpha value is -0.520. The van der Waals surface area contributed by atoms with Crippen molar-refractivity contribution < 1.29 is 4.79 Å². The van der Waals surface area contributed by atoms with Crippen molar-refractivity contribution in [2.24, 2.45) is 0 Å². The van der Waals surface area contributed by atoms with Crippen LogP contribution in [-0.4, -0.2) is 10.8 Å². The zero-order chi connectivity index (χ0) is 10.7. The minimum Gasteiger partial charge on any atom is -0.293 e. The number of thiazole rings is 1. The molecule has 0 amide bonds. The van der Waals surface area contributed by atoms with Gasteiger partial charge in [0.25, 0.3) is 0 Å². The van der Waals surface area contributed by atoms with E-state index in [0.29, 0.717) is 6.42 Å². The van der Waals surface area contributed by atoms with Crippen molar-refractivity contribution in [2.45, 2.75) is 12.8 Å². The molecule has 2 aromatic rings. The summed E-state index contributed by atoms with van der Waals surface area (Å²) in [4.78, 5) is 16.7. The normalized spacial score (nSPS) is 10.5. The van der Waals surface area contributed by atoms with Crippen LogP contribution in [0.4, 0.5) is 0 Å². The van der Waals surface area contributed by atoms with Crippen LogP contribution in [0.25, 0.3) is 0 Å². The first kappa shape index (κ1) is 11.0. The number of hydrogen-bond donors (Lipinski definition) is 0. The highest BCUT2D eigenvalue weighted by Crippen LogP contribution is 2.23. The van der Waals surface area contributed by atoms with Gasteiger partial charge in [-0.2, -0.15) is 0 Å². The Morgan fingerprint density at radius 1 is 1.47 bits per heavy atom. The van der Waals surface area contributed by atoms with Crippen LogP contribution >= 0.6 is 38.6 Å². The van der Waals surface area contributed by atoms with Gasteiger partial charge in [0.05, 0.1) is 13.7 Å². The summed E-state index contributed by atoms with van der Waals surface area (Å²) in [7, 11) is 0. The lowest BCUT2D eigenvalue weighted by atomic mass is 10.2. The molecule has 0 saturated heterocycles. The molecule has 0 bridgehead atoms. The predicted molar refractivity (Wildman–Crippen MR) is 66.8 cm³/mol. The fourth-order valence-corrected chi connectivity index (χ4v) is 3.16. The smallest absolute Gasteiger partial charge is 0.173 e. The molecule has 2 rings (SSSR count).